The topological polar surface area (TPSA) is 82.9 Å². The van der Waals surface area contributed by atoms with E-state index in [1.165, 1.54) is 12.3 Å². The zero-order chi connectivity index (χ0) is 21.3. The van der Waals surface area contributed by atoms with E-state index in [0.717, 1.165) is 12.0 Å². The SMILES string of the molecule is Cc1cccc(C(=O)N2CCCN(C(=O)CCNC(=O)/C=C/c3ccco3)CC2)c1. The highest BCUT2D eigenvalue weighted by atomic mass is 16.3. The van der Waals surface area contributed by atoms with Gasteiger partial charge in [-0.25, -0.2) is 0 Å². The van der Waals surface area contributed by atoms with Crippen LogP contribution < -0.4 is 5.32 Å². The third-order valence-corrected chi connectivity index (χ3v) is 4.98. The molecule has 0 radical (unpaired) electrons. The van der Waals surface area contributed by atoms with Crippen LogP contribution in [0.1, 0.15) is 34.5 Å². The van der Waals surface area contributed by atoms with Crippen LogP contribution in [0.15, 0.2) is 53.2 Å². The predicted octanol–water partition coefficient (Wildman–Crippen LogP) is 2.48. The van der Waals surface area contributed by atoms with Gasteiger partial charge in [0.25, 0.3) is 5.91 Å². The van der Waals surface area contributed by atoms with Crippen LogP contribution in [0.2, 0.25) is 0 Å². The summed E-state index contributed by atoms with van der Waals surface area (Å²) in [7, 11) is 0. The number of amides is 3. The Morgan fingerprint density at radius 2 is 1.87 bits per heavy atom. The number of nitrogens with zero attached hydrogens (tertiary/aromatic N) is 2. The van der Waals surface area contributed by atoms with Crippen LogP contribution in [-0.2, 0) is 9.59 Å². The number of carbonyl (C=O) groups is 3. The third kappa shape index (κ3) is 6.07. The highest BCUT2D eigenvalue weighted by molar-refractivity contribution is 5.94. The first kappa shape index (κ1) is 21.4. The molecule has 0 unspecified atom stereocenters. The van der Waals surface area contributed by atoms with E-state index in [4.69, 9.17) is 4.42 Å². The summed E-state index contributed by atoms with van der Waals surface area (Å²) >= 11 is 0. The van der Waals surface area contributed by atoms with Crippen LogP contribution >= 0.6 is 0 Å². The molecule has 158 valence electrons. The van der Waals surface area contributed by atoms with Gasteiger partial charge in [0.2, 0.25) is 11.8 Å². The van der Waals surface area contributed by atoms with E-state index in [1.54, 1.807) is 23.1 Å². The molecule has 1 aliphatic heterocycles. The van der Waals surface area contributed by atoms with Crippen LogP contribution in [0.5, 0.6) is 0 Å². The second-order valence-corrected chi connectivity index (χ2v) is 7.29. The van der Waals surface area contributed by atoms with Crippen LogP contribution in [0.25, 0.3) is 6.08 Å². The lowest BCUT2D eigenvalue weighted by atomic mass is 10.1. The van der Waals surface area contributed by atoms with Gasteiger partial charge in [-0.15, -0.1) is 0 Å². The number of carbonyl (C=O) groups excluding carboxylic acids is 3. The van der Waals surface area contributed by atoms with Crippen molar-refractivity contribution in [2.24, 2.45) is 0 Å². The Hall–Kier alpha value is -3.35. The fraction of sp³-hybridized carbons (Fsp3) is 0.348. The molecule has 2 aromatic rings. The number of rotatable bonds is 6. The molecule has 7 heteroatoms. The summed E-state index contributed by atoms with van der Waals surface area (Å²) in [6.45, 7) is 4.49. The first-order valence-electron chi connectivity index (χ1n) is 10.2. The minimum Gasteiger partial charge on any atom is -0.465 e. The van der Waals surface area contributed by atoms with Crippen LogP contribution in [0.4, 0.5) is 0 Å². The summed E-state index contributed by atoms with van der Waals surface area (Å²) in [6.07, 6.45) is 5.45. The van der Waals surface area contributed by atoms with Gasteiger partial charge in [0.05, 0.1) is 6.26 Å². The molecule has 1 saturated heterocycles. The van der Waals surface area contributed by atoms with Crippen molar-refractivity contribution in [1.82, 2.24) is 15.1 Å². The van der Waals surface area contributed by atoms with E-state index in [2.05, 4.69) is 5.32 Å². The van der Waals surface area contributed by atoms with Gasteiger partial charge in [0, 0.05) is 50.8 Å². The average Bonchev–Trinajstić information content (AvgIpc) is 3.14. The zero-order valence-electron chi connectivity index (χ0n) is 17.2. The number of aryl methyl sites for hydroxylation is 1. The van der Waals surface area contributed by atoms with Gasteiger partial charge in [-0.2, -0.15) is 0 Å². The van der Waals surface area contributed by atoms with Gasteiger partial charge in [-0.3, -0.25) is 14.4 Å². The Kier molecular flexibility index (Phi) is 7.43. The second kappa shape index (κ2) is 10.4. The fourth-order valence-electron chi connectivity index (χ4n) is 3.38. The Morgan fingerprint density at radius 1 is 1.07 bits per heavy atom. The Morgan fingerprint density at radius 3 is 2.63 bits per heavy atom. The van der Waals surface area contributed by atoms with Gasteiger partial charge in [0.15, 0.2) is 0 Å². The Balaban J connectivity index is 1.42. The van der Waals surface area contributed by atoms with Crippen molar-refractivity contribution in [3.05, 3.63) is 65.6 Å². The fourth-order valence-corrected chi connectivity index (χ4v) is 3.38. The van der Waals surface area contributed by atoms with Gasteiger partial charge in [0.1, 0.15) is 5.76 Å². The lowest BCUT2D eigenvalue weighted by molar-refractivity contribution is -0.131. The number of nitrogens with one attached hydrogen (secondary N) is 1. The van der Waals surface area contributed by atoms with Gasteiger partial charge in [-0.05, 0) is 43.7 Å². The number of hydrogen-bond donors (Lipinski definition) is 1. The van der Waals surface area contributed by atoms with Crippen molar-refractivity contribution in [3.63, 3.8) is 0 Å². The smallest absolute Gasteiger partial charge is 0.253 e. The average molecular weight is 409 g/mol. The molecule has 1 aromatic heterocycles. The van der Waals surface area contributed by atoms with Crippen molar-refractivity contribution in [1.29, 1.82) is 0 Å². The molecular formula is C23H27N3O4. The summed E-state index contributed by atoms with van der Waals surface area (Å²) in [5.74, 6) is 0.305. The quantitative estimate of drug-likeness (QED) is 0.743. The summed E-state index contributed by atoms with van der Waals surface area (Å²) in [6, 6.07) is 11.1. The Bertz CT molecular complexity index is 905. The van der Waals surface area contributed by atoms with E-state index >= 15 is 0 Å². The van der Waals surface area contributed by atoms with E-state index in [-0.39, 0.29) is 30.7 Å². The van der Waals surface area contributed by atoms with E-state index in [1.807, 2.05) is 36.1 Å². The van der Waals surface area contributed by atoms with Gasteiger partial charge >= 0.3 is 0 Å². The minimum atomic E-state index is -0.273. The molecule has 30 heavy (non-hydrogen) atoms. The molecule has 7 nitrogen and oxygen atoms in total. The van der Waals surface area contributed by atoms with Crippen LogP contribution in [0.3, 0.4) is 0 Å². The maximum Gasteiger partial charge on any atom is 0.253 e. The molecule has 1 N–H and O–H groups in total. The first-order valence-corrected chi connectivity index (χ1v) is 10.2. The molecule has 2 heterocycles. The number of benzene rings is 1. The van der Waals surface area contributed by atoms with Crippen molar-refractivity contribution in [3.8, 4) is 0 Å². The number of furan rings is 1. The highest BCUT2D eigenvalue weighted by Gasteiger charge is 2.22. The standard InChI is InChI=1S/C23H27N3O4/c1-18-5-2-6-19(17-18)23(29)26-13-4-12-25(14-15-26)22(28)10-11-24-21(27)9-8-20-7-3-16-30-20/h2-3,5-9,16-17H,4,10-15H2,1H3,(H,24,27)/b9-8+. The summed E-state index contributed by atoms with van der Waals surface area (Å²) in [4.78, 5) is 40.6. The zero-order valence-corrected chi connectivity index (χ0v) is 17.2. The monoisotopic (exact) mass is 409 g/mol. The van der Waals surface area contributed by atoms with Crippen LogP contribution in [-0.4, -0.2) is 60.2 Å². The molecular weight excluding hydrogens is 382 g/mol. The van der Waals surface area contributed by atoms with Crippen molar-refractivity contribution < 1.29 is 18.8 Å². The summed E-state index contributed by atoms with van der Waals surface area (Å²) in [5, 5.41) is 2.71. The third-order valence-electron chi connectivity index (χ3n) is 4.98. The van der Waals surface area contributed by atoms with Crippen molar-refractivity contribution in [2.75, 3.05) is 32.7 Å². The lowest BCUT2D eigenvalue weighted by Crippen LogP contribution is -2.38. The molecule has 3 amide bonds. The van der Waals surface area contributed by atoms with Gasteiger partial charge in [-0.1, -0.05) is 17.7 Å². The molecule has 3 rings (SSSR count). The summed E-state index contributed by atoms with van der Waals surface area (Å²) in [5.41, 5.74) is 1.73. The van der Waals surface area contributed by atoms with E-state index in [0.29, 0.717) is 37.5 Å². The highest BCUT2D eigenvalue weighted by Crippen LogP contribution is 2.11. The molecule has 0 atom stereocenters. The molecule has 0 bridgehead atoms. The Labute approximate surface area is 176 Å². The number of hydrogen-bond acceptors (Lipinski definition) is 4. The second-order valence-electron chi connectivity index (χ2n) is 7.29. The maximum atomic E-state index is 12.7. The maximum absolute atomic E-state index is 12.7. The molecule has 0 aliphatic carbocycles. The molecule has 1 aromatic carbocycles. The lowest BCUT2D eigenvalue weighted by Gasteiger charge is -2.22. The molecule has 1 fully saturated rings. The molecule has 0 saturated carbocycles. The molecule has 1 aliphatic rings. The van der Waals surface area contributed by atoms with Crippen molar-refractivity contribution in [2.45, 2.75) is 19.8 Å². The van der Waals surface area contributed by atoms with E-state index < -0.39 is 0 Å². The minimum absolute atomic E-state index is 0.00334. The van der Waals surface area contributed by atoms with Crippen molar-refractivity contribution >= 4 is 23.8 Å². The first-order chi connectivity index (χ1) is 14.5. The summed E-state index contributed by atoms with van der Waals surface area (Å²) < 4.78 is 5.12. The molecule has 0 spiro atoms. The van der Waals surface area contributed by atoms with Gasteiger partial charge < -0.3 is 19.5 Å². The normalized spacial score (nSPS) is 14.6. The predicted molar refractivity (Wildman–Crippen MR) is 114 cm³/mol. The van der Waals surface area contributed by atoms with Crippen LogP contribution in [0, 0.1) is 6.92 Å². The largest absolute Gasteiger partial charge is 0.465 e. The van der Waals surface area contributed by atoms with E-state index in [9.17, 15) is 14.4 Å².